The number of rotatable bonds is 5. The van der Waals surface area contributed by atoms with E-state index in [1.807, 2.05) is 0 Å². The second-order valence-corrected chi connectivity index (χ2v) is 4.01. The van der Waals surface area contributed by atoms with Crippen LogP contribution >= 0.6 is 0 Å². The summed E-state index contributed by atoms with van der Waals surface area (Å²) in [6.07, 6.45) is -4.52. The largest absolute Gasteiger partial charge is 0.470 e. The lowest BCUT2D eigenvalue weighted by atomic mass is 10.3. The summed E-state index contributed by atoms with van der Waals surface area (Å²) in [4.78, 5) is 7.69. The van der Waals surface area contributed by atoms with E-state index in [0.29, 0.717) is 6.54 Å². The van der Waals surface area contributed by atoms with Crippen LogP contribution in [0.5, 0.6) is 5.88 Å². The SMILES string of the molecule is CCNc1nc(OCC(F)(F)C(F)(F)F)c2cn[nH]c2n1. The third-order valence-electron chi connectivity index (χ3n) is 2.41. The summed E-state index contributed by atoms with van der Waals surface area (Å²) in [6, 6.07) is 0. The Hall–Kier alpha value is -2.20. The number of H-pyrrole nitrogens is 1. The molecule has 2 rings (SSSR count). The van der Waals surface area contributed by atoms with E-state index in [4.69, 9.17) is 0 Å². The molecule has 0 saturated carbocycles. The molecule has 0 atom stereocenters. The normalized spacial score (nSPS) is 12.7. The van der Waals surface area contributed by atoms with Gasteiger partial charge in [-0.3, -0.25) is 5.10 Å². The molecule has 0 aliphatic rings. The zero-order chi connectivity index (χ0) is 15.7. The topological polar surface area (TPSA) is 75.7 Å². The Morgan fingerprint density at radius 1 is 1.24 bits per heavy atom. The smallest absolute Gasteiger partial charge is 0.456 e. The van der Waals surface area contributed by atoms with Crippen LogP contribution in [0.1, 0.15) is 6.92 Å². The van der Waals surface area contributed by atoms with Crippen molar-refractivity contribution < 1.29 is 26.7 Å². The third kappa shape index (κ3) is 3.11. The molecular weight excluding hydrogens is 301 g/mol. The number of aromatic nitrogens is 4. The van der Waals surface area contributed by atoms with Crippen LogP contribution in [-0.4, -0.2) is 45.4 Å². The van der Waals surface area contributed by atoms with E-state index < -0.39 is 24.6 Å². The maximum Gasteiger partial charge on any atom is 0.456 e. The van der Waals surface area contributed by atoms with E-state index in [9.17, 15) is 22.0 Å². The molecule has 21 heavy (non-hydrogen) atoms. The molecule has 6 nitrogen and oxygen atoms in total. The third-order valence-corrected chi connectivity index (χ3v) is 2.41. The van der Waals surface area contributed by atoms with E-state index in [0.717, 1.165) is 0 Å². The quantitative estimate of drug-likeness (QED) is 0.829. The Kier molecular flexibility index (Phi) is 3.83. The summed E-state index contributed by atoms with van der Waals surface area (Å²) in [5.74, 6) is -5.36. The number of nitrogens with one attached hydrogen (secondary N) is 2. The number of fused-ring (bicyclic) bond motifs is 1. The van der Waals surface area contributed by atoms with Gasteiger partial charge in [0.1, 0.15) is 5.39 Å². The Morgan fingerprint density at radius 2 is 1.95 bits per heavy atom. The molecule has 0 unspecified atom stereocenters. The van der Waals surface area contributed by atoms with Gasteiger partial charge in [-0.25, -0.2) is 0 Å². The van der Waals surface area contributed by atoms with E-state index in [1.165, 1.54) is 6.20 Å². The number of aromatic amines is 1. The predicted molar refractivity (Wildman–Crippen MR) is 62.3 cm³/mol. The van der Waals surface area contributed by atoms with Gasteiger partial charge in [0, 0.05) is 6.54 Å². The van der Waals surface area contributed by atoms with Crippen LogP contribution in [0.2, 0.25) is 0 Å². The molecule has 2 heterocycles. The maximum absolute atomic E-state index is 12.9. The lowest BCUT2D eigenvalue weighted by molar-refractivity contribution is -0.290. The number of anilines is 1. The van der Waals surface area contributed by atoms with Gasteiger partial charge in [0.15, 0.2) is 12.3 Å². The molecule has 116 valence electrons. The van der Waals surface area contributed by atoms with Gasteiger partial charge in [-0.1, -0.05) is 0 Å². The maximum atomic E-state index is 12.9. The lowest BCUT2D eigenvalue weighted by Crippen LogP contribution is -2.41. The van der Waals surface area contributed by atoms with Gasteiger partial charge in [0.05, 0.1) is 6.20 Å². The highest BCUT2D eigenvalue weighted by Crippen LogP contribution is 2.36. The molecule has 0 aliphatic carbocycles. The van der Waals surface area contributed by atoms with Crippen molar-refractivity contribution in [1.29, 1.82) is 0 Å². The number of ether oxygens (including phenoxy) is 1. The van der Waals surface area contributed by atoms with Crippen LogP contribution in [0.15, 0.2) is 6.20 Å². The highest BCUT2D eigenvalue weighted by molar-refractivity contribution is 5.80. The minimum absolute atomic E-state index is 0.0274. The molecule has 0 fully saturated rings. The van der Waals surface area contributed by atoms with Crippen LogP contribution in [-0.2, 0) is 0 Å². The molecule has 2 aromatic rings. The summed E-state index contributed by atoms with van der Waals surface area (Å²) in [5, 5.41) is 8.87. The fourth-order valence-electron chi connectivity index (χ4n) is 1.40. The summed E-state index contributed by atoms with van der Waals surface area (Å²) < 4.78 is 66.5. The summed E-state index contributed by atoms with van der Waals surface area (Å²) in [6.45, 7) is 0.288. The van der Waals surface area contributed by atoms with Crippen molar-refractivity contribution in [2.24, 2.45) is 0 Å². The fourth-order valence-corrected chi connectivity index (χ4v) is 1.40. The minimum Gasteiger partial charge on any atom is -0.470 e. The average Bonchev–Trinajstić information content (AvgIpc) is 2.83. The van der Waals surface area contributed by atoms with Crippen molar-refractivity contribution in [3.63, 3.8) is 0 Å². The summed E-state index contributed by atoms with van der Waals surface area (Å²) >= 11 is 0. The summed E-state index contributed by atoms with van der Waals surface area (Å²) in [7, 11) is 0. The second kappa shape index (κ2) is 5.30. The van der Waals surface area contributed by atoms with E-state index in [1.54, 1.807) is 6.92 Å². The van der Waals surface area contributed by atoms with Gasteiger partial charge in [0.2, 0.25) is 11.8 Å². The van der Waals surface area contributed by atoms with Crippen LogP contribution in [0, 0.1) is 0 Å². The van der Waals surface area contributed by atoms with Gasteiger partial charge >= 0.3 is 12.1 Å². The van der Waals surface area contributed by atoms with Crippen molar-refractivity contribution in [1.82, 2.24) is 20.2 Å². The Balaban J connectivity index is 2.27. The number of nitrogens with zero attached hydrogens (tertiary/aromatic N) is 3. The highest BCUT2D eigenvalue weighted by atomic mass is 19.4. The first-order valence-electron chi connectivity index (χ1n) is 5.77. The van der Waals surface area contributed by atoms with Gasteiger partial charge in [-0.2, -0.15) is 37.0 Å². The monoisotopic (exact) mass is 311 g/mol. The van der Waals surface area contributed by atoms with Gasteiger partial charge in [0.25, 0.3) is 0 Å². The Bertz CT molecular complexity index is 626. The Labute approximate surface area is 114 Å². The van der Waals surface area contributed by atoms with Crippen molar-refractivity contribution in [2.45, 2.75) is 19.0 Å². The van der Waals surface area contributed by atoms with Crippen LogP contribution < -0.4 is 10.1 Å². The van der Waals surface area contributed by atoms with Crippen molar-refractivity contribution in [3.05, 3.63) is 6.20 Å². The molecule has 0 radical (unpaired) electrons. The molecule has 0 aromatic carbocycles. The predicted octanol–water partition coefficient (Wildman–Crippen LogP) is 2.36. The number of hydrogen-bond acceptors (Lipinski definition) is 5. The molecule has 0 bridgehead atoms. The zero-order valence-corrected chi connectivity index (χ0v) is 10.6. The fraction of sp³-hybridized carbons (Fsp3) is 0.500. The van der Waals surface area contributed by atoms with Gasteiger partial charge in [-0.15, -0.1) is 0 Å². The standard InChI is InChI=1S/C10H10F5N5O/c1-2-16-8-18-6-5(3-17-20-6)7(19-8)21-4-9(11,12)10(13,14)15/h3H,2,4H2,1H3,(H2,16,17,18,19,20). The minimum atomic E-state index is -5.69. The summed E-state index contributed by atoms with van der Waals surface area (Å²) in [5.41, 5.74) is 0.159. The van der Waals surface area contributed by atoms with E-state index in [2.05, 4.69) is 30.2 Å². The molecular formula is C10H10F5N5O. The number of alkyl halides is 5. The first-order chi connectivity index (χ1) is 9.74. The van der Waals surface area contributed by atoms with Crippen molar-refractivity contribution in [3.8, 4) is 5.88 Å². The molecule has 11 heteroatoms. The van der Waals surface area contributed by atoms with Crippen molar-refractivity contribution >= 4 is 17.0 Å². The molecule has 0 spiro atoms. The van der Waals surface area contributed by atoms with E-state index >= 15 is 0 Å². The molecule has 0 aliphatic heterocycles. The zero-order valence-electron chi connectivity index (χ0n) is 10.6. The highest BCUT2D eigenvalue weighted by Gasteiger charge is 2.58. The van der Waals surface area contributed by atoms with Crippen molar-refractivity contribution in [2.75, 3.05) is 18.5 Å². The van der Waals surface area contributed by atoms with Gasteiger partial charge in [-0.05, 0) is 6.92 Å². The van der Waals surface area contributed by atoms with Crippen LogP contribution in [0.4, 0.5) is 27.9 Å². The molecule has 0 amide bonds. The number of halogens is 5. The average molecular weight is 311 g/mol. The van der Waals surface area contributed by atoms with Crippen LogP contribution in [0.3, 0.4) is 0 Å². The first kappa shape index (κ1) is 15.2. The van der Waals surface area contributed by atoms with E-state index in [-0.39, 0.29) is 17.0 Å². The first-order valence-corrected chi connectivity index (χ1v) is 5.77. The lowest BCUT2D eigenvalue weighted by Gasteiger charge is -2.19. The number of hydrogen-bond donors (Lipinski definition) is 2. The Morgan fingerprint density at radius 3 is 2.57 bits per heavy atom. The molecule has 0 saturated heterocycles. The second-order valence-electron chi connectivity index (χ2n) is 4.01. The molecule has 2 aromatic heterocycles. The van der Waals surface area contributed by atoms with Crippen LogP contribution in [0.25, 0.3) is 11.0 Å². The molecule has 2 N–H and O–H groups in total. The van der Waals surface area contributed by atoms with Gasteiger partial charge < -0.3 is 10.1 Å².